The molecule has 4 heavy (non-hydrogen) atoms. The smallest absolute Gasteiger partial charge is 0.0862 e. The fourth-order valence-corrected chi connectivity index (χ4v) is 0. The van der Waals surface area contributed by atoms with Crippen LogP contribution < -0.4 is 0 Å². The Kier molecular flexibility index (Phi) is 2.01. The van der Waals surface area contributed by atoms with E-state index in [1.807, 2.05) is 0 Å². The van der Waals surface area contributed by atoms with Crippen LogP contribution in [0.25, 0.3) is 0 Å². The summed E-state index contributed by atoms with van der Waals surface area (Å²) in [6, 6.07) is 1.69. The number of aliphatic imine (C=N–C) groups is 1. The van der Waals surface area contributed by atoms with E-state index in [9.17, 15) is 0 Å². The van der Waals surface area contributed by atoms with E-state index in [1.165, 1.54) is 0 Å². The molecule has 0 unspecified atom stereocenters. The zero-order valence-electron chi connectivity index (χ0n) is 2.15. The summed E-state index contributed by atoms with van der Waals surface area (Å²) >= 11 is 0. The van der Waals surface area contributed by atoms with Gasteiger partial charge < -0.3 is 0 Å². The average Bonchev–Trinajstić information content (AvgIpc) is 1.37. The molecule has 0 fully saturated rings. The van der Waals surface area contributed by atoms with E-state index in [4.69, 9.17) is 5.41 Å². The summed E-state index contributed by atoms with van der Waals surface area (Å²) < 4.78 is 0. The quantitative estimate of drug-likeness (QED) is 0.392. The zero-order valence-corrected chi connectivity index (χ0v) is 2.15. The maximum Gasteiger partial charge on any atom is 0.0862 e. The van der Waals surface area contributed by atoms with Gasteiger partial charge in [-0.15, -0.1) is 0 Å². The molecule has 1 N–H and O–H groups in total. The van der Waals surface area contributed by atoms with Crippen LogP contribution in [0.4, 0.5) is 0 Å². The van der Waals surface area contributed by atoms with Crippen molar-refractivity contribution in [1.29, 1.82) is 5.41 Å². The van der Waals surface area contributed by atoms with Crippen LogP contribution in [0.1, 0.15) is 0 Å². The minimum atomic E-state index is 1.69. The summed E-state index contributed by atoms with van der Waals surface area (Å²) in [5.41, 5.74) is 0. The second-order valence-corrected chi connectivity index (χ2v) is 0.270. The predicted molar refractivity (Wildman–Crippen MR) is 15.5 cm³/mol. The van der Waals surface area contributed by atoms with Crippen molar-refractivity contribution >= 4 is 6.01 Å². The van der Waals surface area contributed by atoms with Gasteiger partial charge in [-0.3, -0.25) is 0 Å². The first kappa shape index (κ1) is 3.38. The fraction of sp³-hybridized carbons (Fsp3) is 0. The number of nitrogens with one attached hydrogen (secondary N) is 1. The first-order chi connectivity index (χ1) is 1.91. The first-order valence-corrected chi connectivity index (χ1v) is 0.790. The van der Waals surface area contributed by atoms with Gasteiger partial charge in [0, 0.05) is 0 Å². The van der Waals surface area contributed by atoms with Crippen LogP contribution in [0.5, 0.6) is 0 Å². The molecule has 0 aliphatic heterocycles. The molecule has 0 aliphatic carbocycles. The van der Waals surface area contributed by atoms with E-state index in [1.54, 1.807) is 6.01 Å². The van der Waals surface area contributed by atoms with Gasteiger partial charge in [0.25, 0.3) is 0 Å². The van der Waals surface area contributed by atoms with E-state index in [0.717, 1.165) is 0 Å². The van der Waals surface area contributed by atoms with Crippen molar-refractivity contribution in [3.05, 3.63) is 7.05 Å². The molecule has 2 nitrogen and oxygen atoms in total. The third-order valence-corrected chi connectivity index (χ3v) is 0.0791. The minimum Gasteiger partial charge on any atom is -0.242 e. The van der Waals surface area contributed by atoms with Gasteiger partial charge in [-0.25, -0.2) is 10.4 Å². The lowest BCUT2D eigenvalue weighted by molar-refractivity contribution is 1.51. The van der Waals surface area contributed by atoms with Gasteiger partial charge >= 0.3 is 0 Å². The summed E-state index contributed by atoms with van der Waals surface area (Å²) in [7, 11) is 2.93. The normalized spacial score (nSPS) is 4.25. The van der Waals surface area contributed by atoms with Crippen LogP contribution in [0, 0.1) is 12.5 Å². The molecule has 1 radical (unpaired) electrons. The molecule has 0 heterocycles. The van der Waals surface area contributed by atoms with Crippen LogP contribution in [-0.2, 0) is 0 Å². The third kappa shape index (κ3) is 1.38. The highest BCUT2D eigenvalue weighted by atomic mass is 14.7. The molecular weight excluding hydrogens is 52.0 g/mol. The second-order valence-electron chi connectivity index (χ2n) is 0.270. The Balaban J connectivity index is 3.11. The van der Waals surface area contributed by atoms with E-state index in [-0.39, 0.29) is 0 Å². The Labute approximate surface area is 24.7 Å². The van der Waals surface area contributed by atoms with E-state index in [0.29, 0.717) is 0 Å². The van der Waals surface area contributed by atoms with Gasteiger partial charge in [-0.05, 0) is 0 Å². The lowest BCUT2D eigenvalue weighted by Gasteiger charge is -1.39. The molecule has 2 heteroatoms. The Morgan fingerprint density at radius 2 is 2.25 bits per heavy atom. The Morgan fingerprint density at radius 3 is 2.25 bits per heavy atom. The first-order valence-electron chi connectivity index (χ1n) is 0.790. The Bertz CT molecular complexity index is 42.0. The molecule has 0 bridgehead atoms. The van der Waals surface area contributed by atoms with Gasteiger partial charge in [0.1, 0.15) is 0 Å². The van der Waals surface area contributed by atoms with Crippen molar-refractivity contribution in [2.75, 3.05) is 0 Å². The topological polar surface area (TPSA) is 36.2 Å². The summed E-state index contributed by atoms with van der Waals surface area (Å²) in [6.07, 6.45) is 0. The van der Waals surface area contributed by atoms with Crippen molar-refractivity contribution < 1.29 is 0 Å². The molecule has 0 aliphatic rings. The lowest BCUT2D eigenvalue weighted by Crippen LogP contribution is -1.30. The number of hydrogen-bond acceptors (Lipinski definition) is 2. The largest absolute Gasteiger partial charge is 0.242 e. The number of nitrogens with zero attached hydrogens (tertiary/aromatic N) is 1. The summed E-state index contributed by atoms with van der Waals surface area (Å²) in [5.74, 6) is 0. The average molecular weight is 55.1 g/mol. The highest BCUT2D eigenvalue weighted by molar-refractivity contribution is 5.35. The fourth-order valence-electron chi connectivity index (χ4n) is 0. The van der Waals surface area contributed by atoms with Crippen LogP contribution in [0.2, 0.25) is 0 Å². The van der Waals surface area contributed by atoms with Gasteiger partial charge in [0.2, 0.25) is 0 Å². The molecule has 0 atom stereocenters. The molecule has 0 rings (SSSR count). The van der Waals surface area contributed by atoms with Gasteiger partial charge in [-0.2, -0.15) is 0 Å². The highest BCUT2D eigenvalue weighted by Crippen LogP contribution is 1.36. The third-order valence-electron chi connectivity index (χ3n) is 0.0791. The minimum absolute atomic E-state index is 1.69. The van der Waals surface area contributed by atoms with Crippen molar-refractivity contribution in [3.8, 4) is 0 Å². The summed E-state index contributed by atoms with van der Waals surface area (Å²) in [5, 5.41) is 5.97. The standard InChI is InChI=1S/C2H3N2/c1-4-2-3/h3H,1H2. The Morgan fingerprint density at radius 1 is 2.00 bits per heavy atom. The van der Waals surface area contributed by atoms with Crippen molar-refractivity contribution in [2.45, 2.75) is 0 Å². The van der Waals surface area contributed by atoms with Gasteiger partial charge in [-0.1, -0.05) is 0 Å². The molecule has 0 saturated heterocycles. The Hall–Kier alpha value is -0.620. The molecular formula is C2H3N2. The number of rotatable bonds is 0. The molecule has 0 spiro atoms. The monoisotopic (exact) mass is 55.0 g/mol. The van der Waals surface area contributed by atoms with Crippen molar-refractivity contribution in [2.24, 2.45) is 4.99 Å². The van der Waals surface area contributed by atoms with E-state index >= 15 is 0 Å². The predicted octanol–water partition coefficient (Wildman–Crippen LogP) is 0.531. The molecule has 0 aromatic heterocycles. The molecule has 0 aromatic carbocycles. The summed E-state index contributed by atoms with van der Waals surface area (Å²) in [4.78, 5) is 2.90. The molecule has 0 aromatic rings. The van der Waals surface area contributed by atoms with E-state index in [2.05, 4.69) is 12.0 Å². The molecule has 0 saturated carbocycles. The van der Waals surface area contributed by atoms with Crippen LogP contribution in [0.15, 0.2) is 4.99 Å². The lowest BCUT2D eigenvalue weighted by atomic mass is 11.4. The van der Waals surface area contributed by atoms with Gasteiger partial charge in [0.15, 0.2) is 0 Å². The summed E-state index contributed by atoms with van der Waals surface area (Å²) in [6.45, 7) is 0. The van der Waals surface area contributed by atoms with Crippen LogP contribution >= 0.6 is 0 Å². The van der Waals surface area contributed by atoms with E-state index < -0.39 is 0 Å². The zero-order chi connectivity index (χ0) is 3.41. The SMILES string of the molecule is [CH2]N=C=N. The molecule has 21 valence electrons. The highest BCUT2D eigenvalue weighted by Gasteiger charge is 1.24. The van der Waals surface area contributed by atoms with Gasteiger partial charge in [0.05, 0.1) is 13.1 Å². The van der Waals surface area contributed by atoms with Crippen molar-refractivity contribution in [1.82, 2.24) is 0 Å². The van der Waals surface area contributed by atoms with Crippen molar-refractivity contribution in [3.63, 3.8) is 0 Å². The maximum atomic E-state index is 5.97. The van der Waals surface area contributed by atoms with Crippen LogP contribution in [0.3, 0.4) is 0 Å². The second kappa shape index (κ2) is 2.38. The maximum absolute atomic E-state index is 5.97. The van der Waals surface area contributed by atoms with Crippen LogP contribution in [-0.4, -0.2) is 6.01 Å². The number of hydrogen-bond donors (Lipinski definition) is 1. The molecule has 0 amide bonds.